The Hall–Kier alpha value is -0.820. The highest BCUT2D eigenvalue weighted by molar-refractivity contribution is 5.41. The van der Waals surface area contributed by atoms with E-state index in [-0.39, 0.29) is 0 Å². The van der Waals surface area contributed by atoms with Crippen LogP contribution in [0.2, 0.25) is 0 Å². The molecule has 0 bridgehead atoms. The molecule has 1 aliphatic heterocycles. The molecule has 0 spiro atoms. The monoisotopic (exact) mass is 481 g/mol. The standard InChI is InChI=1S/C34H59N/c1-11-15-29(12-2)30(26(6)33(8,9)10)22-31-27(7)35(23-28-18-19-28)21-20-34(31,13-3)32-24(4)16-14-17-25(32)5/h14,16-17,26-31H,11-13,15,18-23H2,1-10H3/t26-,27?,29-,30?,31?,34?/m1/s1. The van der Waals surface area contributed by atoms with Crippen molar-refractivity contribution < 1.29 is 0 Å². The first-order chi connectivity index (χ1) is 16.5. The lowest BCUT2D eigenvalue weighted by atomic mass is 9.55. The van der Waals surface area contributed by atoms with Crippen LogP contribution in [0.3, 0.4) is 0 Å². The van der Waals surface area contributed by atoms with Gasteiger partial charge in [0, 0.05) is 18.0 Å². The number of aryl methyl sites for hydroxylation is 2. The van der Waals surface area contributed by atoms with Crippen LogP contribution < -0.4 is 0 Å². The van der Waals surface area contributed by atoms with Crippen molar-refractivity contribution in [2.24, 2.45) is 35.0 Å². The fourth-order valence-electron chi connectivity index (χ4n) is 8.12. The molecule has 1 aromatic carbocycles. The molecule has 1 heterocycles. The predicted molar refractivity (Wildman–Crippen MR) is 155 cm³/mol. The Balaban J connectivity index is 2.09. The van der Waals surface area contributed by atoms with Crippen LogP contribution in [0.1, 0.15) is 123 Å². The Morgan fingerprint density at radius 3 is 2.17 bits per heavy atom. The molecule has 1 heteroatoms. The van der Waals surface area contributed by atoms with Gasteiger partial charge in [-0.05, 0) is 111 Å². The van der Waals surface area contributed by atoms with E-state index >= 15 is 0 Å². The molecule has 35 heavy (non-hydrogen) atoms. The van der Waals surface area contributed by atoms with E-state index in [1.54, 1.807) is 5.56 Å². The number of rotatable bonds is 11. The Morgan fingerprint density at radius 2 is 1.69 bits per heavy atom. The van der Waals surface area contributed by atoms with Crippen LogP contribution in [0.25, 0.3) is 0 Å². The molecule has 3 rings (SSSR count). The lowest BCUT2D eigenvalue weighted by molar-refractivity contribution is -0.00831. The van der Waals surface area contributed by atoms with Gasteiger partial charge in [0.1, 0.15) is 0 Å². The second-order valence-corrected chi connectivity index (χ2v) is 13.8. The van der Waals surface area contributed by atoms with E-state index in [1.165, 1.54) is 75.6 Å². The topological polar surface area (TPSA) is 3.24 Å². The van der Waals surface area contributed by atoms with Crippen LogP contribution in [-0.4, -0.2) is 24.0 Å². The second-order valence-electron chi connectivity index (χ2n) is 13.8. The zero-order valence-corrected chi connectivity index (χ0v) is 25.2. The normalized spacial score (nSPS) is 28.6. The van der Waals surface area contributed by atoms with Gasteiger partial charge in [0.15, 0.2) is 0 Å². The molecule has 0 N–H and O–H groups in total. The van der Waals surface area contributed by atoms with Gasteiger partial charge in [-0.2, -0.15) is 0 Å². The van der Waals surface area contributed by atoms with Crippen LogP contribution in [0.15, 0.2) is 18.2 Å². The molecule has 1 aliphatic carbocycles. The summed E-state index contributed by atoms with van der Waals surface area (Å²) in [5, 5.41) is 0. The van der Waals surface area contributed by atoms with E-state index in [1.807, 2.05) is 0 Å². The van der Waals surface area contributed by atoms with Crippen molar-refractivity contribution in [3.05, 3.63) is 34.9 Å². The highest BCUT2D eigenvalue weighted by Crippen LogP contribution is 2.53. The maximum absolute atomic E-state index is 2.92. The number of piperidine rings is 1. The average molecular weight is 482 g/mol. The van der Waals surface area contributed by atoms with E-state index in [9.17, 15) is 0 Å². The van der Waals surface area contributed by atoms with Gasteiger partial charge < -0.3 is 4.90 Å². The Morgan fingerprint density at radius 1 is 1.06 bits per heavy atom. The van der Waals surface area contributed by atoms with E-state index in [0.717, 1.165) is 29.6 Å². The molecule has 2 aliphatic rings. The van der Waals surface area contributed by atoms with Crippen molar-refractivity contribution in [1.82, 2.24) is 4.90 Å². The number of likely N-dealkylation sites (tertiary alicyclic amines) is 1. The summed E-state index contributed by atoms with van der Waals surface area (Å²) in [5.74, 6) is 4.06. The molecule has 4 unspecified atom stereocenters. The third-order valence-electron chi connectivity index (χ3n) is 10.8. The number of hydrogen-bond donors (Lipinski definition) is 0. The van der Waals surface area contributed by atoms with Crippen LogP contribution in [0.4, 0.5) is 0 Å². The molecule has 1 saturated heterocycles. The summed E-state index contributed by atoms with van der Waals surface area (Å²) >= 11 is 0. The van der Waals surface area contributed by atoms with Gasteiger partial charge in [-0.15, -0.1) is 0 Å². The zero-order valence-electron chi connectivity index (χ0n) is 25.2. The molecule has 2 fully saturated rings. The predicted octanol–water partition coefficient (Wildman–Crippen LogP) is 9.59. The summed E-state index contributed by atoms with van der Waals surface area (Å²) in [6, 6.07) is 7.72. The Kier molecular flexibility index (Phi) is 9.61. The fourth-order valence-corrected chi connectivity index (χ4v) is 8.12. The third kappa shape index (κ3) is 6.19. The first-order valence-corrected chi connectivity index (χ1v) is 15.3. The van der Waals surface area contributed by atoms with Gasteiger partial charge in [-0.1, -0.05) is 85.9 Å². The molecule has 0 radical (unpaired) electrons. The number of benzene rings is 1. The lowest BCUT2D eigenvalue weighted by Crippen LogP contribution is -2.56. The second kappa shape index (κ2) is 11.7. The summed E-state index contributed by atoms with van der Waals surface area (Å²) in [5.41, 5.74) is 5.41. The smallest absolute Gasteiger partial charge is 0.0104 e. The minimum Gasteiger partial charge on any atom is -0.300 e. The summed E-state index contributed by atoms with van der Waals surface area (Å²) in [7, 11) is 0. The minimum atomic E-state index is 0.301. The molecular formula is C34H59N. The van der Waals surface area contributed by atoms with Crippen LogP contribution in [0.5, 0.6) is 0 Å². The van der Waals surface area contributed by atoms with Gasteiger partial charge in [-0.25, -0.2) is 0 Å². The number of hydrogen-bond acceptors (Lipinski definition) is 1. The van der Waals surface area contributed by atoms with E-state index in [2.05, 4.69) is 92.3 Å². The van der Waals surface area contributed by atoms with Gasteiger partial charge >= 0.3 is 0 Å². The van der Waals surface area contributed by atoms with E-state index in [4.69, 9.17) is 0 Å². The highest BCUT2D eigenvalue weighted by Gasteiger charge is 2.50. The first-order valence-electron chi connectivity index (χ1n) is 15.3. The lowest BCUT2D eigenvalue weighted by Gasteiger charge is -2.55. The van der Waals surface area contributed by atoms with Crippen molar-refractivity contribution >= 4 is 0 Å². The molecule has 0 aromatic heterocycles. The molecule has 1 nitrogen and oxygen atoms in total. The van der Waals surface area contributed by atoms with Crippen LogP contribution in [-0.2, 0) is 5.41 Å². The third-order valence-corrected chi connectivity index (χ3v) is 10.8. The van der Waals surface area contributed by atoms with Crippen molar-refractivity contribution in [2.75, 3.05) is 13.1 Å². The van der Waals surface area contributed by atoms with E-state index in [0.29, 0.717) is 16.9 Å². The summed E-state index contributed by atoms with van der Waals surface area (Å²) in [6.07, 6.45) is 10.9. The first kappa shape index (κ1) is 28.7. The molecule has 200 valence electrons. The summed E-state index contributed by atoms with van der Waals surface area (Å²) in [6.45, 7) is 27.4. The van der Waals surface area contributed by atoms with Gasteiger partial charge in [0.05, 0.1) is 0 Å². The molecule has 6 atom stereocenters. The van der Waals surface area contributed by atoms with Crippen molar-refractivity contribution in [3.63, 3.8) is 0 Å². The van der Waals surface area contributed by atoms with Gasteiger partial charge in [0.25, 0.3) is 0 Å². The summed E-state index contributed by atoms with van der Waals surface area (Å²) < 4.78 is 0. The van der Waals surface area contributed by atoms with Gasteiger partial charge in [0.2, 0.25) is 0 Å². The molecule has 1 saturated carbocycles. The van der Waals surface area contributed by atoms with Gasteiger partial charge in [-0.3, -0.25) is 0 Å². The minimum absolute atomic E-state index is 0.301. The quantitative estimate of drug-likeness (QED) is 0.304. The Labute approximate surface area is 219 Å². The maximum atomic E-state index is 2.92. The molecular weight excluding hydrogens is 422 g/mol. The number of nitrogens with zero attached hydrogens (tertiary/aromatic N) is 1. The fraction of sp³-hybridized carbons (Fsp3) is 0.824. The van der Waals surface area contributed by atoms with Crippen LogP contribution in [0, 0.1) is 48.9 Å². The average Bonchev–Trinajstić information content (AvgIpc) is 3.62. The summed E-state index contributed by atoms with van der Waals surface area (Å²) in [4.78, 5) is 2.92. The maximum Gasteiger partial charge on any atom is 0.0104 e. The van der Waals surface area contributed by atoms with Crippen molar-refractivity contribution in [3.8, 4) is 0 Å². The van der Waals surface area contributed by atoms with Crippen molar-refractivity contribution in [1.29, 1.82) is 0 Å². The zero-order chi connectivity index (χ0) is 26.0. The molecule has 0 amide bonds. The SMILES string of the molecule is CCC[C@@H](CC)C(CC1C(C)N(CC2CC2)CCC1(CC)c1c(C)cccc1C)[C@@H](C)C(C)(C)C. The Bertz CT molecular complexity index is 779. The molecule has 1 aromatic rings. The van der Waals surface area contributed by atoms with Crippen LogP contribution >= 0.6 is 0 Å². The van der Waals surface area contributed by atoms with Crippen molar-refractivity contribution in [2.45, 2.75) is 132 Å². The largest absolute Gasteiger partial charge is 0.300 e. The highest BCUT2D eigenvalue weighted by atomic mass is 15.2. The van der Waals surface area contributed by atoms with E-state index < -0.39 is 0 Å².